The summed E-state index contributed by atoms with van der Waals surface area (Å²) in [5.74, 6) is 0. The van der Waals surface area contributed by atoms with E-state index in [1.807, 2.05) is 0 Å². The summed E-state index contributed by atoms with van der Waals surface area (Å²) < 4.78 is 0.926. The number of thiazole rings is 1. The summed E-state index contributed by atoms with van der Waals surface area (Å²) in [6, 6.07) is 0. The molecule has 0 bridgehead atoms. The van der Waals surface area contributed by atoms with Crippen molar-refractivity contribution in [3.63, 3.8) is 0 Å². The van der Waals surface area contributed by atoms with Gasteiger partial charge in [-0.1, -0.05) is 22.9 Å². The SMILES string of the molecule is Nc1nc2c(Cl)cncc2s1. The van der Waals surface area contributed by atoms with Crippen LogP contribution in [0.3, 0.4) is 0 Å². The number of nitrogens with two attached hydrogens (primary N) is 1. The highest BCUT2D eigenvalue weighted by Gasteiger charge is 2.03. The van der Waals surface area contributed by atoms with Crippen molar-refractivity contribution in [2.24, 2.45) is 0 Å². The van der Waals surface area contributed by atoms with E-state index in [1.54, 1.807) is 12.4 Å². The summed E-state index contributed by atoms with van der Waals surface area (Å²) in [7, 11) is 0. The Balaban J connectivity index is 2.90. The van der Waals surface area contributed by atoms with Crippen LogP contribution < -0.4 is 5.73 Å². The number of rotatable bonds is 0. The Morgan fingerprint density at radius 1 is 1.45 bits per heavy atom. The average Bonchev–Trinajstić information content (AvgIpc) is 2.31. The molecule has 0 saturated heterocycles. The molecule has 2 N–H and O–H groups in total. The Bertz CT molecular complexity index is 398. The van der Waals surface area contributed by atoms with E-state index in [1.165, 1.54) is 11.3 Å². The summed E-state index contributed by atoms with van der Waals surface area (Å²) in [6.45, 7) is 0. The van der Waals surface area contributed by atoms with E-state index >= 15 is 0 Å². The topological polar surface area (TPSA) is 51.8 Å². The second-order valence-corrected chi connectivity index (χ2v) is 3.49. The second kappa shape index (κ2) is 2.32. The van der Waals surface area contributed by atoms with Gasteiger partial charge in [0.05, 0.1) is 9.72 Å². The van der Waals surface area contributed by atoms with E-state index in [2.05, 4.69) is 9.97 Å². The second-order valence-electron chi connectivity index (χ2n) is 2.02. The first-order valence-electron chi connectivity index (χ1n) is 2.93. The maximum Gasteiger partial charge on any atom is 0.181 e. The lowest BCUT2D eigenvalue weighted by Gasteiger charge is -1.87. The molecule has 5 heteroatoms. The van der Waals surface area contributed by atoms with Crippen LogP contribution >= 0.6 is 22.9 Å². The van der Waals surface area contributed by atoms with Crippen LogP contribution in [0.25, 0.3) is 10.2 Å². The highest BCUT2D eigenvalue weighted by atomic mass is 35.5. The zero-order valence-electron chi connectivity index (χ0n) is 5.41. The Morgan fingerprint density at radius 3 is 3.00 bits per heavy atom. The third kappa shape index (κ3) is 1.04. The van der Waals surface area contributed by atoms with Crippen molar-refractivity contribution < 1.29 is 0 Å². The van der Waals surface area contributed by atoms with Crippen molar-refractivity contribution >= 4 is 38.3 Å². The summed E-state index contributed by atoms with van der Waals surface area (Å²) >= 11 is 7.18. The predicted molar refractivity (Wildman–Crippen MR) is 46.8 cm³/mol. The summed E-state index contributed by atoms with van der Waals surface area (Å²) in [4.78, 5) is 7.95. The van der Waals surface area contributed by atoms with Crippen molar-refractivity contribution in [3.05, 3.63) is 17.4 Å². The summed E-state index contributed by atoms with van der Waals surface area (Å²) in [5, 5.41) is 1.07. The molecule has 0 unspecified atom stereocenters. The van der Waals surface area contributed by atoms with Crippen LogP contribution in [-0.4, -0.2) is 9.97 Å². The van der Waals surface area contributed by atoms with Gasteiger partial charge >= 0.3 is 0 Å². The molecule has 2 heterocycles. The quantitative estimate of drug-likeness (QED) is 0.683. The van der Waals surface area contributed by atoms with Gasteiger partial charge in [-0.15, -0.1) is 0 Å². The third-order valence-electron chi connectivity index (χ3n) is 1.28. The normalized spacial score (nSPS) is 10.6. The highest BCUT2D eigenvalue weighted by Crippen LogP contribution is 2.27. The van der Waals surface area contributed by atoms with E-state index in [-0.39, 0.29) is 0 Å². The molecule has 0 aromatic carbocycles. The zero-order valence-corrected chi connectivity index (χ0v) is 6.99. The van der Waals surface area contributed by atoms with Crippen molar-refractivity contribution in [2.45, 2.75) is 0 Å². The van der Waals surface area contributed by atoms with Gasteiger partial charge in [0.15, 0.2) is 5.13 Å². The number of pyridine rings is 1. The molecular weight excluding hydrogens is 182 g/mol. The molecule has 0 saturated carbocycles. The van der Waals surface area contributed by atoms with Crippen LogP contribution in [0.1, 0.15) is 0 Å². The molecule has 2 rings (SSSR count). The molecule has 0 aliphatic rings. The minimum atomic E-state index is 0.523. The minimum absolute atomic E-state index is 0.523. The molecule has 0 amide bonds. The standard InChI is InChI=1S/C6H4ClN3S/c7-3-1-9-2-4-5(3)10-6(8)11-4/h1-2H,(H2,8,10). The number of anilines is 1. The van der Waals surface area contributed by atoms with Gasteiger partial charge in [-0.2, -0.15) is 0 Å². The number of nitrogens with zero attached hydrogens (tertiary/aromatic N) is 2. The van der Waals surface area contributed by atoms with Crippen molar-refractivity contribution in [1.29, 1.82) is 0 Å². The molecule has 0 aliphatic carbocycles. The molecule has 0 spiro atoms. The number of aromatic nitrogens is 2. The molecule has 0 radical (unpaired) electrons. The third-order valence-corrected chi connectivity index (χ3v) is 2.37. The Kier molecular flexibility index (Phi) is 1.44. The lowest BCUT2D eigenvalue weighted by atomic mass is 10.4. The first-order valence-corrected chi connectivity index (χ1v) is 4.12. The van der Waals surface area contributed by atoms with Gasteiger partial charge in [-0.05, 0) is 0 Å². The maximum atomic E-state index is 5.80. The Labute approximate surface area is 71.8 Å². The van der Waals surface area contributed by atoms with Crippen LogP contribution in [0.15, 0.2) is 12.4 Å². The van der Waals surface area contributed by atoms with Crippen molar-refractivity contribution in [1.82, 2.24) is 9.97 Å². The van der Waals surface area contributed by atoms with Gasteiger partial charge < -0.3 is 5.73 Å². The highest BCUT2D eigenvalue weighted by molar-refractivity contribution is 7.22. The Morgan fingerprint density at radius 2 is 2.27 bits per heavy atom. The molecule has 0 fully saturated rings. The lowest BCUT2D eigenvalue weighted by Crippen LogP contribution is -1.79. The van der Waals surface area contributed by atoms with E-state index in [0.717, 1.165) is 10.2 Å². The molecule has 3 nitrogen and oxygen atoms in total. The number of halogens is 1. The fourth-order valence-electron chi connectivity index (χ4n) is 0.839. The van der Waals surface area contributed by atoms with Crippen LogP contribution in [0.2, 0.25) is 5.02 Å². The van der Waals surface area contributed by atoms with Crippen LogP contribution in [0.5, 0.6) is 0 Å². The number of hydrogen-bond donors (Lipinski definition) is 1. The lowest BCUT2D eigenvalue weighted by molar-refractivity contribution is 1.36. The van der Waals surface area contributed by atoms with E-state index < -0.39 is 0 Å². The van der Waals surface area contributed by atoms with E-state index in [9.17, 15) is 0 Å². The molecule has 0 aliphatic heterocycles. The smallest absolute Gasteiger partial charge is 0.181 e. The summed E-state index contributed by atoms with van der Waals surface area (Å²) in [6.07, 6.45) is 3.26. The zero-order chi connectivity index (χ0) is 7.84. The van der Waals surface area contributed by atoms with Gasteiger partial charge in [0.1, 0.15) is 5.52 Å². The fourth-order valence-corrected chi connectivity index (χ4v) is 1.82. The van der Waals surface area contributed by atoms with Crippen LogP contribution in [-0.2, 0) is 0 Å². The van der Waals surface area contributed by atoms with Gasteiger partial charge in [-0.3, -0.25) is 4.98 Å². The minimum Gasteiger partial charge on any atom is -0.375 e. The van der Waals surface area contributed by atoms with E-state index in [0.29, 0.717) is 10.2 Å². The number of nitrogen functional groups attached to an aromatic ring is 1. The predicted octanol–water partition coefficient (Wildman–Crippen LogP) is 1.93. The molecule has 2 aromatic rings. The van der Waals surface area contributed by atoms with Crippen LogP contribution in [0, 0.1) is 0 Å². The van der Waals surface area contributed by atoms with Gasteiger partial charge in [0.25, 0.3) is 0 Å². The van der Waals surface area contributed by atoms with E-state index in [4.69, 9.17) is 17.3 Å². The van der Waals surface area contributed by atoms with Crippen molar-refractivity contribution in [2.75, 3.05) is 5.73 Å². The molecule has 0 atom stereocenters. The van der Waals surface area contributed by atoms with Gasteiger partial charge in [0, 0.05) is 12.4 Å². The first kappa shape index (κ1) is 6.82. The summed E-state index contributed by atoms with van der Waals surface area (Å²) in [5.41, 5.74) is 6.22. The number of fused-ring (bicyclic) bond motifs is 1. The first-order chi connectivity index (χ1) is 5.27. The molecule has 11 heavy (non-hydrogen) atoms. The van der Waals surface area contributed by atoms with Crippen LogP contribution in [0.4, 0.5) is 5.13 Å². The fraction of sp³-hybridized carbons (Fsp3) is 0. The Hall–Kier alpha value is -0.870. The van der Waals surface area contributed by atoms with Gasteiger partial charge in [0.2, 0.25) is 0 Å². The largest absolute Gasteiger partial charge is 0.375 e. The van der Waals surface area contributed by atoms with Gasteiger partial charge in [-0.25, -0.2) is 4.98 Å². The average molecular weight is 186 g/mol. The van der Waals surface area contributed by atoms with Crippen molar-refractivity contribution in [3.8, 4) is 0 Å². The monoisotopic (exact) mass is 185 g/mol. The number of hydrogen-bond acceptors (Lipinski definition) is 4. The molecule has 2 aromatic heterocycles. The maximum absolute atomic E-state index is 5.80. The molecule has 56 valence electrons. The molecular formula is C6H4ClN3S.